The number of hydrogen-bond acceptors (Lipinski definition) is 2. The second-order valence-electron chi connectivity index (χ2n) is 12.3. The molecule has 0 fully saturated rings. The van der Waals surface area contributed by atoms with E-state index in [1.807, 2.05) is 42.5 Å². The van der Waals surface area contributed by atoms with Gasteiger partial charge in [0.2, 0.25) is 0 Å². The number of rotatable bonds is 4. The molecule has 8 aromatic rings. The van der Waals surface area contributed by atoms with E-state index in [9.17, 15) is 10.5 Å². The molecular weight excluding hydrogens is 585 g/mol. The third kappa shape index (κ3) is 4.14. The predicted molar refractivity (Wildman–Crippen MR) is 195 cm³/mol. The van der Waals surface area contributed by atoms with Crippen LogP contribution in [0, 0.1) is 22.7 Å². The summed E-state index contributed by atoms with van der Waals surface area (Å²) in [4.78, 5) is 0. The molecular formula is C44H28N4. The fraction of sp³-hybridized carbons (Fsp3) is 0.0455. The predicted octanol–water partition coefficient (Wildman–Crippen LogP) is 10.8. The van der Waals surface area contributed by atoms with Crippen molar-refractivity contribution >= 4 is 49.2 Å². The lowest BCUT2D eigenvalue weighted by Crippen LogP contribution is -2.07. The Morgan fingerprint density at radius 2 is 1.12 bits per heavy atom. The van der Waals surface area contributed by atoms with E-state index in [4.69, 9.17) is 0 Å². The SMILES string of the molecule is N#Cc1ccc2c(c1)c1ccccc1n2-c1cccc(C2=CC(c3ccccc3-n3c4ccccc4c4ccccc43)CC=C2)c1C#N. The maximum Gasteiger partial charge on any atom is 0.102 e. The van der Waals surface area contributed by atoms with Gasteiger partial charge >= 0.3 is 0 Å². The van der Waals surface area contributed by atoms with Crippen LogP contribution in [0.1, 0.15) is 34.6 Å². The Kier molecular flexibility index (Phi) is 6.35. The lowest BCUT2D eigenvalue weighted by atomic mass is 9.85. The van der Waals surface area contributed by atoms with Crippen LogP contribution in [0.5, 0.6) is 0 Å². The fourth-order valence-corrected chi connectivity index (χ4v) is 7.65. The van der Waals surface area contributed by atoms with Crippen molar-refractivity contribution < 1.29 is 0 Å². The van der Waals surface area contributed by atoms with E-state index in [1.165, 1.54) is 33.1 Å². The summed E-state index contributed by atoms with van der Waals surface area (Å²) in [7, 11) is 0. The molecule has 2 heterocycles. The van der Waals surface area contributed by atoms with Gasteiger partial charge in [-0.1, -0.05) is 103 Å². The molecule has 0 amide bonds. The van der Waals surface area contributed by atoms with Crippen LogP contribution in [0.25, 0.3) is 60.6 Å². The lowest BCUT2D eigenvalue weighted by molar-refractivity contribution is 0.846. The number of fused-ring (bicyclic) bond motifs is 6. The molecule has 48 heavy (non-hydrogen) atoms. The summed E-state index contributed by atoms with van der Waals surface area (Å²) in [6.45, 7) is 0. The molecule has 6 aromatic carbocycles. The number of benzene rings is 6. The first-order valence-electron chi connectivity index (χ1n) is 16.2. The van der Waals surface area contributed by atoms with Crippen molar-refractivity contribution in [2.45, 2.75) is 12.3 Å². The third-order valence-corrected chi connectivity index (χ3v) is 9.73. The molecule has 0 aliphatic heterocycles. The second kappa shape index (κ2) is 11.0. The van der Waals surface area contributed by atoms with Gasteiger partial charge in [-0.05, 0) is 66.1 Å². The van der Waals surface area contributed by atoms with Gasteiger partial charge in [-0.15, -0.1) is 0 Å². The highest BCUT2D eigenvalue weighted by Crippen LogP contribution is 2.40. The van der Waals surface area contributed by atoms with Gasteiger partial charge in [0.05, 0.1) is 45.0 Å². The van der Waals surface area contributed by atoms with Crippen LogP contribution >= 0.6 is 0 Å². The molecule has 1 atom stereocenters. The minimum absolute atomic E-state index is 0.119. The molecule has 1 unspecified atom stereocenters. The van der Waals surface area contributed by atoms with Crippen molar-refractivity contribution in [3.8, 4) is 23.5 Å². The van der Waals surface area contributed by atoms with Gasteiger partial charge in [0.15, 0.2) is 0 Å². The van der Waals surface area contributed by atoms with E-state index in [0.717, 1.165) is 45.1 Å². The van der Waals surface area contributed by atoms with E-state index in [0.29, 0.717) is 11.1 Å². The van der Waals surface area contributed by atoms with Gasteiger partial charge in [0.25, 0.3) is 0 Å². The smallest absolute Gasteiger partial charge is 0.102 e. The molecule has 0 N–H and O–H groups in total. The monoisotopic (exact) mass is 612 g/mol. The summed E-state index contributed by atoms with van der Waals surface area (Å²) in [6.07, 6.45) is 7.59. The van der Waals surface area contributed by atoms with Crippen LogP contribution in [0.15, 0.2) is 152 Å². The van der Waals surface area contributed by atoms with Crippen molar-refractivity contribution in [2.24, 2.45) is 0 Å². The Balaban J connectivity index is 1.21. The Morgan fingerprint density at radius 3 is 1.81 bits per heavy atom. The van der Waals surface area contributed by atoms with Crippen LogP contribution in [-0.2, 0) is 0 Å². The molecule has 0 saturated carbocycles. The highest BCUT2D eigenvalue weighted by molar-refractivity contribution is 6.10. The third-order valence-electron chi connectivity index (χ3n) is 9.73. The zero-order chi connectivity index (χ0) is 32.2. The molecule has 1 aliphatic carbocycles. The number of nitrogens with zero attached hydrogens (tertiary/aromatic N) is 4. The summed E-state index contributed by atoms with van der Waals surface area (Å²) in [6, 6.07) is 50.9. The van der Waals surface area contributed by atoms with Crippen LogP contribution in [0.2, 0.25) is 0 Å². The zero-order valence-electron chi connectivity index (χ0n) is 26.0. The van der Waals surface area contributed by atoms with Crippen molar-refractivity contribution in [3.05, 3.63) is 174 Å². The summed E-state index contributed by atoms with van der Waals surface area (Å²) in [5.41, 5.74) is 10.8. The molecule has 9 rings (SSSR count). The van der Waals surface area contributed by atoms with Crippen LogP contribution in [-0.4, -0.2) is 9.13 Å². The number of para-hydroxylation sites is 4. The summed E-state index contributed by atoms with van der Waals surface area (Å²) in [5, 5.41) is 24.9. The zero-order valence-corrected chi connectivity index (χ0v) is 26.0. The van der Waals surface area contributed by atoms with Gasteiger partial charge in [-0.25, -0.2) is 0 Å². The Labute approximate surface area is 277 Å². The van der Waals surface area contributed by atoms with Gasteiger partial charge in [-0.2, -0.15) is 10.5 Å². The number of aromatic nitrogens is 2. The largest absolute Gasteiger partial charge is 0.309 e. The number of nitriles is 2. The fourth-order valence-electron chi connectivity index (χ4n) is 7.65. The molecule has 4 nitrogen and oxygen atoms in total. The first kappa shape index (κ1) is 27.7. The molecule has 0 radical (unpaired) electrons. The Hall–Kier alpha value is -6.62. The maximum atomic E-state index is 10.7. The van der Waals surface area contributed by atoms with Crippen LogP contribution < -0.4 is 0 Å². The van der Waals surface area contributed by atoms with E-state index in [1.54, 1.807) is 0 Å². The van der Waals surface area contributed by atoms with Crippen molar-refractivity contribution in [3.63, 3.8) is 0 Å². The number of hydrogen-bond donors (Lipinski definition) is 0. The van der Waals surface area contributed by atoms with E-state index < -0.39 is 0 Å². The minimum atomic E-state index is 0.119. The van der Waals surface area contributed by atoms with Crippen LogP contribution in [0.4, 0.5) is 0 Å². The quantitative estimate of drug-likeness (QED) is 0.199. The van der Waals surface area contributed by atoms with Gasteiger partial charge in [0.1, 0.15) is 6.07 Å². The molecule has 4 heteroatoms. The molecule has 1 aliphatic rings. The van der Waals surface area contributed by atoms with Gasteiger partial charge in [0, 0.05) is 38.7 Å². The van der Waals surface area contributed by atoms with Gasteiger partial charge < -0.3 is 9.13 Å². The highest BCUT2D eigenvalue weighted by atomic mass is 15.0. The summed E-state index contributed by atoms with van der Waals surface area (Å²) < 4.78 is 4.56. The standard InChI is InChI=1S/C44H28N4/c45-27-29-23-24-44-37(25-29)36-16-4-8-21-42(36)48(44)43-22-10-17-32(38(43)28-46)30-11-9-12-31(26-30)33-13-1-5-18-39(33)47-40-19-6-2-14-34(40)35-15-3-7-20-41(35)47/h1-11,13-26,31H,12H2. The van der Waals surface area contributed by atoms with Crippen molar-refractivity contribution in [2.75, 3.05) is 0 Å². The topological polar surface area (TPSA) is 57.4 Å². The number of allylic oxidation sites excluding steroid dienone is 4. The first-order chi connectivity index (χ1) is 23.7. The average Bonchev–Trinajstić information content (AvgIpc) is 3.67. The second-order valence-corrected chi connectivity index (χ2v) is 12.3. The van der Waals surface area contributed by atoms with Crippen LogP contribution in [0.3, 0.4) is 0 Å². The van der Waals surface area contributed by atoms with Gasteiger partial charge in [-0.3, -0.25) is 0 Å². The normalized spacial score (nSPS) is 14.4. The molecule has 0 saturated heterocycles. The lowest BCUT2D eigenvalue weighted by Gasteiger charge is -2.22. The Morgan fingerprint density at radius 1 is 0.542 bits per heavy atom. The molecule has 2 aromatic heterocycles. The average molecular weight is 613 g/mol. The molecule has 0 bridgehead atoms. The van der Waals surface area contributed by atoms with E-state index in [2.05, 4.69) is 130 Å². The maximum absolute atomic E-state index is 10.7. The Bertz CT molecular complexity index is 2680. The minimum Gasteiger partial charge on any atom is -0.309 e. The van der Waals surface area contributed by atoms with E-state index >= 15 is 0 Å². The van der Waals surface area contributed by atoms with Crippen molar-refractivity contribution in [1.29, 1.82) is 10.5 Å². The molecule has 0 spiro atoms. The molecule has 224 valence electrons. The van der Waals surface area contributed by atoms with Crippen molar-refractivity contribution in [1.82, 2.24) is 9.13 Å². The summed E-state index contributed by atoms with van der Waals surface area (Å²) in [5.74, 6) is 0.119. The van der Waals surface area contributed by atoms with E-state index in [-0.39, 0.29) is 5.92 Å². The summed E-state index contributed by atoms with van der Waals surface area (Å²) >= 11 is 0. The highest BCUT2D eigenvalue weighted by Gasteiger charge is 2.22. The first-order valence-corrected chi connectivity index (χ1v) is 16.2.